The molecule has 0 N–H and O–H groups in total. The minimum absolute atomic E-state index is 0.635. The number of hydrogen-bond acceptors (Lipinski definition) is 0. The van der Waals surface area contributed by atoms with Crippen LogP contribution in [-0.2, 0) is 0 Å². The van der Waals surface area contributed by atoms with Crippen LogP contribution in [0.3, 0.4) is 0 Å². The van der Waals surface area contributed by atoms with E-state index in [2.05, 4.69) is 6.92 Å². The van der Waals surface area contributed by atoms with Crippen LogP contribution in [0, 0.1) is 10.8 Å². The standard InChI is InChI=1S/C7H11Cl/c1-6-2-7(3-6,4-6)5-8/h2-5H2,1H3. The number of alkyl halides is 1. The Morgan fingerprint density at radius 2 is 1.88 bits per heavy atom. The van der Waals surface area contributed by atoms with Gasteiger partial charge in [0, 0.05) is 5.88 Å². The van der Waals surface area contributed by atoms with Crippen LogP contribution >= 0.6 is 11.6 Å². The zero-order chi connectivity index (χ0) is 5.83. The highest BCUT2D eigenvalue weighted by atomic mass is 35.5. The van der Waals surface area contributed by atoms with Gasteiger partial charge in [0.1, 0.15) is 0 Å². The van der Waals surface area contributed by atoms with Crippen molar-refractivity contribution >= 4 is 11.6 Å². The Bertz CT molecular complexity index is 109. The smallest absolute Gasteiger partial charge is 0.0280 e. The van der Waals surface area contributed by atoms with Crippen LogP contribution in [0.25, 0.3) is 0 Å². The van der Waals surface area contributed by atoms with Gasteiger partial charge in [-0.15, -0.1) is 11.6 Å². The molecule has 3 saturated carbocycles. The van der Waals surface area contributed by atoms with E-state index >= 15 is 0 Å². The maximum Gasteiger partial charge on any atom is 0.0280 e. The molecule has 0 aromatic heterocycles. The van der Waals surface area contributed by atoms with Gasteiger partial charge in [-0.2, -0.15) is 0 Å². The molecule has 3 aliphatic carbocycles. The fraction of sp³-hybridized carbons (Fsp3) is 1.00. The molecule has 0 amide bonds. The third kappa shape index (κ3) is 0.388. The van der Waals surface area contributed by atoms with Crippen molar-refractivity contribution in [1.29, 1.82) is 0 Å². The fourth-order valence-electron chi connectivity index (χ4n) is 2.70. The first-order valence-corrected chi connectivity index (χ1v) is 3.78. The summed E-state index contributed by atoms with van der Waals surface area (Å²) in [6, 6.07) is 0. The lowest BCUT2D eigenvalue weighted by Crippen LogP contribution is -2.60. The van der Waals surface area contributed by atoms with E-state index in [-0.39, 0.29) is 0 Å². The second-order valence-corrected chi connectivity index (χ2v) is 4.24. The molecule has 0 aromatic rings. The molecular weight excluding hydrogens is 120 g/mol. The van der Waals surface area contributed by atoms with Gasteiger partial charge in [0.05, 0.1) is 0 Å². The summed E-state index contributed by atoms with van der Waals surface area (Å²) in [6.45, 7) is 2.36. The van der Waals surface area contributed by atoms with Crippen molar-refractivity contribution in [3.05, 3.63) is 0 Å². The summed E-state index contributed by atoms with van der Waals surface area (Å²) in [7, 11) is 0. The maximum atomic E-state index is 5.74. The minimum atomic E-state index is 0.635. The van der Waals surface area contributed by atoms with E-state index in [0.717, 1.165) is 11.3 Å². The first kappa shape index (κ1) is 5.10. The Labute approximate surface area is 55.2 Å². The van der Waals surface area contributed by atoms with Gasteiger partial charge in [-0.05, 0) is 30.1 Å². The van der Waals surface area contributed by atoms with Crippen LogP contribution in [-0.4, -0.2) is 5.88 Å². The van der Waals surface area contributed by atoms with Crippen molar-refractivity contribution in [2.45, 2.75) is 26.2 Å². The highest BCUT2D eigenvalue weighted by molar-refractivity contribution is 6.18. The molecule has 3 aliphatic rings. The summed E-state index contributed by atoms with van der Waals surface area (Å²) in [5.74, 6) is 0.905. The molecule has 0 saturated heterocycles. The molecule has 2 bridgehead atoms. The molecule has 0 atom stereocenters. The Balaban J connectivity index is 2.04. The van der Waals surface area contributed by atoms with Gasteiger partial charge in [0.25, 0.3) is 0 Å². The van der Waals surface area contributed by atoms with Gasteiger partial charge < -0.3 is 0 Å². The SMILES string of the molecule is CC12CC(CCl)(C1)C2. The predicted molar refractivity (Wildman–Crippen MR) is 35.1 cm³/mol. The Morgan fingerprint density at radius 1 is 1.38 bits per heavy atom. The van der Waals surface area contributed by atoms with E-state index < -0.39 is 0 Å². The van der Waals surface area contributed by atoms with Crippen LogP contribution in [0.4, 0.5) is 0 Å². The molecule has 46 valence electrons. The number of hydrogen-bond donors (Lipinski definition) is 0. The summed E-state index contributed by atoms with van der Waals surface area (Å²) >= 11 is 5.74. The molecule has 3 fully saturated rings. The number of rotatable bonds is 1. The van der Waals surface area contributed by atoms with Crippen LogP contribution in [0.15, 0.2) is 0 Å². The first-order chi connectivity index (χ1) is 3.68. The average molecular weight is 131 g/mol. The van der Waals surface area contributed by atoms with Crippen LogP contribution in [0.1, 0.15) is 26.2 Å². The van der Waals surface area contributed by atoms with Crippen molar-refractivity contribution < 1.29 is 0 Å². The highest BCUT2D eigenvalue weighted by Crippen LogP contribution is 2.73. The monoisotopic (exact) mass is 130 g/mol. The molecule has 0 radical (unpaired) electrons. The topological polar surface area (TPSA) is 0 Å². The van der Waals surface area contributed by atoms with E-state index in [1.165, 1.54) is 19.3 Å². The molecule has 8 heavy (non-hydrogen) atoms. The van der Waals surface area contributed by atoms with E-state index in [1.54, 1.807) is 0 Å². The molecule has 0 heterocycles. The largest absolute Gasteiger partial charge is 0.126 e. The van der Waals surface area contributed by atoms with Crippen molar-refractivity contribution in [1.82, 2.24) is 0 Å². The minimum Gasteiger partial charge on any atom is -0.126 e. The van der Waals surface area contributed by atoms with Gasteiger partial charge in [-0.3, -0.25) is 0 Å². The molecule has 0 nitrogen and oxygen atoms in total. The molecule has 0 spiro atoms. The quantitative estimate of drug-likeness (QED) is 0.479. The van der Waals surface area contributed by atoms with Crippen molar-refractivity contribution in [3.8, 4) is 0 Å². The highest BCUT2D eigenvalue weighted by Gasteiger charge is 2.63. The normalized spacial score (nSPS) is 59.2. The van der Waals surface area contributed by atoms with Gasteiger partial charge in [0.2, 0.25) is 0 Å². The van der Waals surface area contributed by atoms with Crippen molar-refractivity contribution in [2.24, 2.45) is 10.8 Å². The van der Waals surface area contributed by atoms with Gasteiger partial charge in [-0.1, -0.05) is 6.92 Å². The molecule has 1 heteroatoms. The lowest BCUT2D eigenvalue weighted by molar-refractivity contribution is -0.173. The molecule has 3 rings (SSSR count). The number of halogens is 1. The van der Waals surface area contributed by atoms with Crippen molar-refractivity contribution in [2.75, 3.05) is 5.88 Å². The zero-order valence-electron chi connectivity index (χ0n) is 5.21. The van der Waals surface area contributed by atoms with Crippen LogP contribution in [0.5, 0.6) is 0 Å². The van der Waals surface area contributed by atoms with Gasteiger partial charge in [0.15, 0.2) is 0 Å². The van der Waals surface area contributed by atoms with E-state index in [9.17, 15) is 0 Å². The third-order valence-electron chi connectivity index (χ3n) is 2.69. The second kappa shape index (κ2) is 1.09. The van der Waals surface area contributed by atoms with E-state index in [4.69, 9.17) is 11.6 Å². The summed E-state index contributed by atoms with van der Waals surface area (Å²) in [4.78, 5) is 0. The summed E-state index contributed by atoms with van der Waals surface area (Å²) in [5.41, 5.74) is 1.38. The Kier molecular flexibility index (Phi) is 0.694. The fourth-order valence-corrected chi connectivity index (χ4v) is 2.99. The Hall–Kier alpha value is 0.290. The third-order valence-corrected chi connectivity index (χ3v) is 3.26. The average Bonchev–Trinajstić information content (AvgIpc) is 1.55. The lowest BCUT2D eigenvalue weighted by atomic mass is 9.37. The Morgan fingerprint density at radius 3 is 2.00 bits per heavy atom. The van der Waals surface area contributed by atoms with E-state index in [0.29, 0.717) is 5.41 Å². The summed E-state index contributed by atoms with van der Waals surface area (Å²) in [6.07, 6.45) is 4.22. The maximum absolute atomic E-state index is 5.74. The first-order valence-electron chi connectivity index (χ1n) is 3.24. The van der Waals surface area contributed by atoms with Crippen LogP contribution < -0.4 is 0 Å². The van der Waals surface area contributed by atoms with Crippen molar-refractivity contribution in [3.63, 3.8) is 0 Å². The predicted octanol–water partition coefficient (Wildman–Crippen LogP) is 2.42. The van der Waals surface area contributed by atoms with Crippen LogP contribution in [0.2, 0.25) is 0 Å². The molecule has 0 unspecified atom stereocenters. The molecular formula is C7H11Cl. The van der Waals surface area contributed by atoms with Gasteiger partial charge >= 0.3 is 0 Å². The van der Waals surface area contributed by atoms with Gasteiger partial charge in [-0.25, -0.2) is 0 Å². The molecule has 0 aromatic carbocycles. The van der Waals surface area contributed by atoms with E-state index in [1.807, 2.05) is 0 Å². The molecule has 0 aliphatic heterocycles. The summed E-state index contributed by atoms with van der Waals surface area (Å²) < 4.78 is 0. The second-order valence-electron chi connectivity index (χ2n) is 3.97. The lowest BCUT2D eigenvalue weighted by Gasteiger charge is -2.69. The zero-order valence-corrected chi connectivity index (χ0v) is 5.96. The summed E-state index contributed by atoms with van der Waals surface area (Å²) in [5, 5.41) is 0.